The van der Waals surface area contributed by atoms with E-state index in [4.69, 9.17) is 9.84 Å². The Labute approximate surface area is 137 Å². The highest BCUT2D eigenvalue weighted by molar-refractivity contribution is 14.1. The first-order valence-corrected chi connectivity index (χ1v) is 8.89. The van der Waals surface area contributed by atoms with Gasteiger partial charge in [0.25, 0.3) is 0 Å². The maximum Gasteiger partial charge on any atom is 0.188 e. The van der Waals surface area contributed by atoms with Crippen LogP contribution in [0.3, 0.4) is 0 Å². The molecule has 0 radical (unpaired) electrons. The van der Waals surface area contributed by atoms with Gasteiger partial charge in [-0.25, -0.2) is 13.4 Å². The molecule has 8 heteroatoms. The Hall–Kier alpha value is -0.870. The summed E-state index contributed by atoms with van der Waals surface area (Å²) in [5, 5.41) is 8.90. The van der Waals surface area contributed by atoms with Gasteiger partial charge in [-0.05, 0) is 43.4 Å². The van der Waals surface area contributed by atoms with Crippen molar-refractivity contribution in [3.8, 4) is 5.75 Å². The molecule has 0 aliphatic rings. The summed E-state index contributed by atoms with van der Waals surface area (Å²) in [7, 11) is -3.58. The molecule has 6 nitrogen and oxygen atoms in total. The van der Waals surface area contributed by atoms with Crippen molar-refractivity contribution in [3.05, 3.63) is 22.2 Å². The second kappa shape index (κ2) is 5.73. The van der Waals surface area contributed by atoms with Crippen molar-refractivity contribution in [1.82, 2.24) is 9.38 Å². The molecule has 0 aromatic carbocycles. The van der Waals surface area contributed by atoms with Crippen LogP contribution >= 0.6 is 22.6 Å². The minimum atomic E-state index is -3.58. The first-order chi connectivity index (χ1) is 9.68. The van der Waals surface area contributed by atoms with E-state index in [-0.39, 0.29) is 23.9 Å². The number of pyridine rings is 1. The molecule has 2 rings (SSSR count). The van der Waals surface area contributed by atoms with Crippen molar-refractivity contribution >= 4 is 38.1 Å². The third-order valence-corrected chi connectivity index (χ3v) is 6.27. The van der Waals surface area contributed by atoms with Gasteiger partial charge in [0.1, 0.15) is 26.6 Å². The quantitative estimate of drug-likeness (QED) is 0.759. The summed E-state index contributed by atoms with van der Waals surface area (Å²) >= 11 is 2.08. The molecular formula is C13H17IN2O4S. The number of ether oxygens (including phenoxy) is 1. The molecule has 0 saturated carbocycles. The minimum Gasteiger partial charge on any atom is -0.490 e. The SMILES string of the molecule is CC(C)(C)S(=O)(=O)c1cn2c(I)cnc2cc1OCCO. The average molecular weight is 424 g/mol. The van der Waals surface area contributed by atoms with E-state index in [0.29, 0.717) is 5.65 Å². The first kappa shape index (κ1) is 16.5. The van der Waals surface area contributed by atoms with E-state index < -0.39 is 14.6 Å². The van der Waals surface area contributed by atoms with Crippen LogP contribution in [0.1, 0.15) is 20.8 Å². The fourth-order valence-corrected chi connectivity index (χ4v) is 3.57. The van der Waals surface area contributed by atoms with Crippen molar-refractivity contribution < 1.29 is 18.3 Å². The molecule has 0 amide bonds. The molecule has 0 saturated heterocycles. The number of imidazole rings is 1. The first-order valence-electron chi connectivity index (χ1n) is 6.33. The van der Waals surface area contributed by atoms with Gasteiger partial charge in [-0.3, -0.25) is 4.40 Å². The molecule has 2 aromatic rings. The molecule has 0 fully saturated rings. The highest BCUT2D eigenvalue weighted by Crippen LogP contribution is 2.33. The van der Waals surface area contributed by atoms with Crippen LogP contribution in [0, 0.1) is 3.70 Å². The number of nitrogens with zero attached hydrogens (tertiary/aromatic N) is 2. The molecule has 1 N–H and O–H groups in total. The predicted octanol–water partition coefficient (Wildman–Crippen LogP) is 1.88. The van der Waals surface area contributed by atoms with Gasteiger partial charge in [0.2, 0.25) is 0 Å². The van der Waals surface area contributed by atoms with E-state index in [0.717, 1.165) is 3.70 Å². The van der Waals surface area contributed by atoms with E-state index in [9.17, 15) is 8.42 Å². The molecule has 0 aliphatic heterocycles. The lowest BCUT2D eigenvalue weighted by Gasteiger charge is -2.21. The average Bonchev–Trinajstić information content (AvgIpc) is 2.75. The van der Waals surface area contributed by atoms with Gasteiger partial charge >= 0.3 is 0 Å². The van der Waals surface area contributed by atoms with Gasteiger partial charge in [-0.1, -0.05) is 0 Å². The lowest BCUT2D eigenvalue weighted by Crippen LogP contribution is -2.28. The number of sulfone groups is 1. The lowest BCUT2D eigenvalue weighted by atomic mass is 10.3. The molecule has 2 aromatic heterocycles. The molecule has 0 bridgehead atoms. The third-order valence-electron chi connectivity index (χ3n) is 2.97. The predicted molar refractivity (Wildman–Crippen MR) is 87.4 cm³/mol. The summed E-state index contributed by atoms with van der Waals surface area (Å²) in [6.45, 7) is 4.76. The van der Waals surface area contributed by atoms with E-state index >= 15 is 0 Å². The maximum atomic E-state index is 12.7. The molecule has 21 heavy (non-hydrogen) atoms. The number of hydrogen-bond acceptors (Lipinski definition) is 5. The smallest absolute Gasteiger partial charge is 0.188 e. The molecule has 0 atom stereocenters. The molecule has 0 aliphatic carbocycles. The zero-order valence-corrected chi connectivity index (χ0v) is 15.0. The van der Waals surface area contributed by atoms with Crippen LogP contribution in [0.15, 0.2) is 23.4 Å². The standard InChI is InChI=1S/C13H17IN2O4S/c1-13(2,3)21(18,19)10-8-16-11(14)7-15-12(16)6-9(10)20-5-4-17/h6-8,17H,4-5H2,1-3H3. The van der Waals surface area contributed by atoms with Crippen LogP contribution in [0.5, 0.6) is 5.75 Å². The van der Waals surface area contributed by atoms with E-state index in [1.54, 1.807) is 37.4 Å². The monoisotopic (exact) mass is 424 g/mol. The Morgan fingerprint density at radius 1 is 1.43 bits per heavy atom. The molecule has 0 spiro atoms. The van der Waals surface area contributed by atoms with E-state index in [2.05, 4.69) is 27.6 Å². The number of fused-ring (bicyclic) bond motifs is 1. The zero-order chi connectivity index (χ0) is 15.8. The molecular weight excluding hydrogens is 407 g/mol. The van der Waals surface area contributed by atoms with Gasteiger partial charge in [0.05, 0.1) is 17.6 Å². The maximum absolute atomic E-state index is 12.7. The summed E-state index contributed by atoms with van der Waals surface area (Å²) in [6.07, 6.45) is 3.18. The van der Waals surface area contributed by atoms with Crippen LogP contribution in [-0.2, 0) is 9.84 Å². The number of aromatic nitrogens is 2. The number of aliphatic hydroxyl groups excluding tert-OH is 1. The Morgan fingerprint density at radius 2 is 2.10 bits per heavy atom. The molecule has 0 unspecified atom stereocenters. The van der Waals surface area contributed by atoms with Gasteiger partial charge in [-0.2, -0.15) is 0 Å². The van der Waals surface area contributed by atoms with Gasteiger partial charge in [0, 0.05) is 12.3 Å². The fourth-order valence-electron chi connectivity index (χ4n) is 1.76. The van der Waals surface area contributed by atoms with Crippen LogP contribution in [0.25, 0.3) is 5.65 Å². The number of rotatable bonds is 4. The highest BCUT2D eigenvalue weighted by atomic mass is 127. The van der Waals surface area contributed by atoms with Gasteiger partial charge in [0.15, 0.2) is 9.84 Å². The summed E-state index contributed by atoms with van der Waals surface area (Å²) in [5.74, 6) is 0.216. The summed E-state index contributed by atoms with van der Waals surface area (Å²) in [5.41, 5.74) is 0.597. The van der Waals surface area contributed by atoms with E-state index in [1.165, 1.54) is 6.20 Å². The van der Waals surface area contributed by atoms with Crippen molar-refractivity contribution in [1.29, 1.82) is 0 Å². The van der Waals surface area contributed by atoms with E-state index in [1.807, 2.05) is 0 Å². The van der Waals surface area contributed by atoms with Crippen LogP contribution < -0.4 is 4.74 Å². The topological polar surface area (TPSA) is 80.9 Å². The van der Waals surface area contributed by atoms with Crippen molar-refractivity contribution in [2.45, 2.75) is 30.4 Å². The van der Waals surface area contributed by atoms with Crippen LogP contribution in [-0.4, -0.2) is 40.9 Å². The number of aliphatic hydroxyl groups is 1. The van der Waals surface area contributed by atoms with Crippen LogP contribution in [0.4, 0.5) is 0 Å². The lowest BCUT2D eigenvalue weighted by molar-refractivity contribution is 0.198. The Kier molecular flexibility index (Phi) is 4.50. The summed E-state index contributed by atoms with van der Waals surface area (Å²) in [6, 6.07) is 1.58. The zero-order valence-electron chi connectivity index (χ0n) is 12.0. The second-order valence-corrected chi connectivity index (χ2v) is 9.28. The Morgan fingerprint density at radius 3 is 2.67 bits per heavy atom. The van der Waals surface area contributed by atoms with Gasteiger partial charge in [-0.15, -0.1) is 0 Å². The highest BCUT2D eigenvalue weighted by Gasteiger charge is 2.34. The molecule has 116 valence electrons. The number of halogens is 1. The summed E-state index contributed by atoms with van der Waals surface area (Å²) in [4.78, 5) is 4.29. The fraction of sp³-hybridized carbons (Fsp3) is 0.462. The third kappa shape index (κ3) is 3.02. The van der Waals surface area contributed by atoms with Crippen LogP contribution in [0.2, 0.25) is 0 Å². The normalized spacial score (nSPS) is 12.8. The summed E-state index contributed by atoms with van der Waals surface area (Å²) < 4.78 is 32.4. The van der Waals surface area contributed by atoms with Crippen molar-refractivity contribution in [2.75, 3.05) is 13.2 Å². The van der Waals surface area contributed by atoms with Gasteiger partial charge < -0.3 is 9.84 Å². The second-order valence-electron chi connectivity index (χ2n) is 5.50. The molecule has 2 heterocycles. The Bertz CT molecular complexity index is 762. The largest absolute Gasteiger partial charge is 0.490 e. The van der Waals surface area contributed by atoms with Crippen molar-refractivity contribution in [2.24, 2.45) is 0 Å². The van der Waals surface area contributed by atoms with Crippen molar-refractivity contribution in [3.63, 3.8) is 0 Å². The Balaban J connectivity index is 2.71. The minimum absolute atomic E-state index is 0.0284. The number of hydrogen-bond donors (Lipinski definition) is 1.